The lowest BCUT2D eigenvalue weighted by molar-refractivity contribution is -0.202. The zero-order valence-corrected chi connectivity index (χ0v) is 9.50. The third-order valence-corrected chi connectivity index (χ3v) is 5.85. The van der Waals surface area contributed by atoms with Crippen LogP contribution in [0.25, 0.3) is 0 Å². The minimum absolute atomic E-state index is 0.144. The molecule has 4 atom stereocenters. The first kappa shape index (κ1) is 9.00. The maximum atomic E-state index is 6.01. The van der Waals surface area contributed by atoms with Gasteiger partial charge in [0.25, 0.3) is 0 Å². The maximum Gasteiger partial charge on any atom is 0.172 e. The number of hydrogen-bond donors (Lipinski definition) is 0. The Hall–Kier alpha value is -0.0800. The van der Waals surface area contributed by atoms with Crippen LogP contribution in [0.3, 0.4) is 0 Å². The summed E-state index contributed by atoms with van der Waals surface area (Å²) in [4.78, 5) is 0. The van der Waals surface area contributed by atoms with E-state index in [1.165, 1.54) is 25.7 Å². The molecule has 3 saturated carbocycles. The predicted octanol–water partition coefficient (Wildman–Crippen LogP) is 2.58. The standard InChI is InChI=1S/C13H20O2/c1-12-4-5-13(14-6-7-15-13)11(12)9-2-3-10(12)8-9/h9-11H,2-8H2,1H3/t9-,10+,11-,12+/m1/s1. The Kier molecular flexibility index (Phi) is 1.56. The van der Waals surface area contributed by atoms with Crippen LogP contribution in [-0.4, -0.2) is 19.0 Å². The van der Waals surface area contributed by atoms with E-state index in [4.69, 9.17) is 9.47 Å². The molecule has 1 spiro atoms. The van der Waals surface area contributed by atoms with Crippen LogP contribution in [0.5, 0.6) is 0 Å². The second-order valence-corrected chi connectivity index (χ2v) is 6.26. The van der Waals surface area contributed by atoms with Crippen LogP contribution in [0.2, 0.25) is 0 Å². The van der Waals surface area contributed by atoms with E-state index >= 15 is 0 Å². The molecule has 0 radical (unpaired) electrons. The molecule has 4 fully saturated rings. The molecule has 0 N–H and O–H groups in total. The first-order valence-corrected chi connectivity index (χ1v) is 6.53. The molecule has 3 aliphatic carbocycles. The molecule has 1 heterocycles. The van der Waals surface area contributed by atoms with Gasteiger partial charge < -0.3 is 9.47 Å². The van der Waals surface area contributed by atoms with Crippen molar-refractivity contribution in [1.29, 1.82) is 0 Å². The summed E-state index contributed by atoms with van der Waals surface area (Å²) < 4.78 is 12.0. The summed E-state index contributed by atoms with van der Waals surface area (Å²) in [6.07, 6.45) is 6.84. The van der Waals surface area contributed by atoms with E-state index in [1.54, 1.807) is 0 Å². The molecule has 4 rings (SSSR count). The van der Waals surface area contributed by atoms with Crippen LogP contribution >= 0.6 is 0 Å². The van der Waals surface area contributed by atoms with Crippen LogP contribution in [0, 0.1) is 23.2 Å². The van der Waals surface area contributed by atoms with Gasteiger partial charge in [0.05, 0.1) is 13.2 Å². The van der Waals surface area contributed by atoms with E-state index in [0.29, 0.717) is 11.3 Å². The predicted molar refractivity (Wildman–Crippen MR) is 56.3 cm³/mol. The van der Waals surface area contributed by atoms with Gasteiger partial charge in [0, 0.05) is 12.3 Å². The second-order valence-electron chi connectivity index (χ2n) is 6.26. The van der Waals surface area contributed by atoms with Crippen molar-refractivity contribution < 1.29 is 9.47 Å². The third kappa shape index (κ3) is 0.898. The van der Waals surface area contributed by atoms with E-state index in [0.717, 1.165) is 31.5 Å². The van der Waals surface area contributed by atoms with Gasteiger partial charge in [-0.25, -0.2) is 0 Å². The molecule has 15 heavy (non-hydrogen) atoms. The van der Waals surface area contributed by atoms with E-state index < -0.39 is 0 Å². The lowest BCUT2D eigenvalue weighted by atomic mass is 9.68. The van der Waals surface area contributed by atoms with E-state index in [2.05, 4.69) is 6.92 Å². The molecule has 0 unspecified atom stereocenters. The minimum Gasteiger partial charge on any atom is -0.347 e. The van der Waals surface area contributed by atoms with Crippen molar-refractivity contribution in [3.05, 3.63) is 0 Å². The Bertz CT molecular complexity index is 295. The molecule has 2 nitrogen and oxygen atoms in total. The molecule has 84 valence electrons. The first-order chi connectivity index (χ1) is 7.25. The van der Waals surface area contributed by atoms with Crippen molar-refractivity contribution >= 4 is 0 Å². The summed E-state index contributed by atoms with van der Waals surface area (Å²) in [5.74, 6) is 2.45. The third-order valence-electron chi connectivity index (χ3n) is 5.85. The van der Waals surface area contributed by atoms with E-state index in [1.807, 2.05) is 0 Å². The van der Waals surface area contributed by atoms with Crippen molar-refractivity contribution in [2.45, 2.75) is 44.8 Å². The number of ether oxygens (including phenoxy) is 2. The molecule has 2 bridgehead atoms. The zero-order valence-electron chi connectivity index (χ0n) is 9.50. The van der Waals surface area contributed by atoms with Gasteiger partial charge in [-0.1, -0.05) is 6.92 Å². The second kappa shape index (κ2) is 2.60. The Labute approximate surface area is 91.3 Å². The Morgan fingerprint density at radius 1 is 1.07 bits per heavy atom. The van der Waals surface area contributed by atoms with Crippen LogP contribution in [-0.2, 0) is 9.47 Å². The van der Waals surface area contributed by atoms with Crippen molar-refractivity contribution in [3.63, 3.8) is 0 Å². The van der Waals surface area contributed by atoms with Gasteiger partial charge in [0.15, 0.2) is 5.79 Å². The Morgan fingerprint density at radius 3 is 2.67 bits per heavy atom. The van der Waals surface area contributed by atoms with Gasteiger partial charge >= 0.3 is 0 Å². The quantitative estimate of drug-likeness (QED) is 0.609. The molecule has 0 aromatic carbocycles. The lowest BCUT2D eigenvalue weighted by Gasteiger charge is -2.41. The SMILES string of the molecule is C[C@@]12CCC3(OCCO3)[C@@H]1[C@@H]1CC[C@H]2C1. The molecule has 2 heteroatoms. The smallest absolute Gasteiger partial charge is 0.172 e. The van der Waals surface area contributed by atoms with Crippen LogP contribution in [0.1, 0.15) is 39.0 Å². The summed E-state index contributed by atoms with van der Waals surface area (Å²) in [5.41, 5.74) is 0.549. The molecule has 0 aromatic rings. The maximum absolute atomic E-state index is 6.01. The molecule has 0 amide bonds. The van der Waals surface area contributed by atoms with Crippen LogP contribution < -0.4 is 0 Å². The first-order valence-electron chi connectivity index (χ1n) is 6.53. The monoisotopic (exact) mass is 208 g/mol. The normalized spacial score (nSPS) is 55.4. The number of rotatable bonds is 0. The molecule has 4 aliphatic rings. The fourth-order valence-electron chi connectivity index (χ4n) is 5.33. The van der Waals surface area contributed by atoms with E-state index in [9.17, 15) is 0 Å². The number of fused-ring (bicyclic) bond motifs is 6. The van der Waals surface area contributed by atoms with Gasteiger partial charge in [-0.2, -0.15) is 0 Å². The topological polar surface area (TPSA) is 18.5 Å². The molecular formula is C13H20O2. The summed E-state index contributed by atoms with van der Waals surface area (Å²) in [5, 5.41) is 0. The van der Waals surface area contributed by atoms with Gasteiger partial charge in [-0.05, 0) is 42.9 Å². The fourth-order valence-corrected chi connectivity index (χ4v) is 5.33. The van der Waals surface area contributed by atoms with Gasteiger partial charge in [-0.3, -0.25) is 0 Å². The Balaban J connectivity index is 1.77. The molecule has 0 aromatic heterocycles. The van der Waals surface area contributed by atoms with Crippen molar-refractivity contribution in [2.24, 2.45) is 23.2 Å². The summed E-state index contributed by atoms with van der Waals surface area (Å²) in [6, 6.07) is 0. The highest BCUT2D eigenvalue weighted by atomic mass is 16.7. The van der Waals surface area contributed by atoms with Gasteiger partial charge in [0.1, 0.15) is 0 Å². The van der Waals surface area contributed by atoms with Crippen molar-refractivity contribution in [1.82, 2.24) is 0 Å². The average molecular weight is 208 g/mol. The van der Waals surface area contributed by atoms with Gasteiger partial charge in [0.2, 0.25) is 0 Å². The average Bonchev–Trinajstić information content (AvgIpc) is 2.92. The molecule has 1 saturated heterocycles. The molecular weight excluding hydrogens is 188 g/mol. The summed E-state index contributed by atoms with van der Waals surface area (Å²) >= 11 is 0. The highest BCUT2D eigenvalue weighted by Gasteiger charge is 2.68. The fraction of sp³-hybridized carbons (Fsp3) is 1.00. The largest absolute Gasteiger partial charge is 0.347 e. The minimum atomic E-state index is -0.144. The van der Waals surface area contributed by atoms with Crippen LogP contribution in [0.4, 0.5) is 0 Å². The zero-order chi connectivity index (χ0) is 10.1. The van der Waals surface area contributed by atoms with Crippen molar-refractivity contribution in [3.8, 4) is 0 Å². The Morgan fingerprint density at radius 2 is 1.87 bits per heavy atom. The van der Waals surface area contributed by atoms with E-state index in [-0.39, 0.29) is 5.79 Å². The lowest BCUT2D eigenvalue weighted by Crippen LogP contribution is -2.43. The van der Waals surface area contributed by atoms with Crippen LogP contribution in [0.15, 0.2) is 0 Å². The van der Waals surface area contributed by atoms with Crippen molar-refractivity contribution in [2.75, 3.05) is 13.2 Å². The number of hydrogen-bond acceptors (Lipinski definition) is 2. The highest BCUT2D eigenvalue weighted by Crippen LogP contribution is 2.70. The highest BCUT2D eigenvalue weighted by molar-refractivity contribution is 5.13. The molecule has 1 aliphatic heterocycles. The summed E-state index contributed by atoms with van der Waals surface area (Å²) in [6.45, 7) is 4.15. The summed E-state index contributed by atoms with van der Waals surface area (Å²) in [7, 11) is 0. The van der Waals surface area contributed by atoms with Gasteiger partial charge in [-0.15, -0.1) is 0 Å².